The molecule has 0 aliphatic heterocycles. The molecule has 1 amide bonds. The topological polar surface area (TPSA) is 155 Å². The number of nitrogens with zero attached hydrogens (tertiary/aromatic N) is 4. The zero-order valence-electron chi connectivity index (χ0n) is 21.7. The molecule has 0 atom stereocenters. The highest BCUT2D eigenvalue weighted by atomic mass is 16.5. The molecule has 11 heteroatoms. The second kappa shape index (κ2) is 10.2. The fourth-order valence-electron chi connectivity index (χ4n) is 4.82. The number of carbonyl (C=O) groups excluding carboxylic acids is 1. The number of fused-ring (bicyclic) bond motifs is 1. The number of anilines is 3. The molecule has 11 nitrogen and oxygen atoms in total. The number of hydrogen-bond donors (Lipinski definition) is 4. The monoisotopic (exact) mass is 516 g/mol. The number of rotatable bonds is 8. The summed E-state index contributed by atoms with van der Waals surface area (Å²) in [6.07, 6.45) is 4.71. The van der Waals surface area contributed by atoms with Crippen molar-refractivity contribution in [3.63, 3.8) is 0 Å². The van der Waals surface area contributed by atoms with Crippen LogP contribution in [0.3, 0.4) is 0 Å². The van der Waals surface area contributed by atoms with Crippen LogP contribution in [0.4, 0.5) is 17.5 Å². The van der Waals surface area contributed by atoms with Gasteiger partial charge in [0.05, 0.1) is 19.9 Å². The van der Waals surface area contributed by atoms with Crippen molar-refractivity contribution in [2.24, 2.45) is 11.5 Å². The van der Waals surface area contributed by atoms with Crippen molar-refractivity contribution in [3.05, 3.63) is 53.6 Å². The Kier molecular flexibility index (Phi) is 6.77. The van der Waals surface area contributed by atoms with Crippen LogP contribution in [-0.4, -0.2) is 45.4 Å². The number of primary amides is 1. The molecule has 38 heavy (non-hydrogen) atoms. The minimum atomic E-state index is -0.699. The summed E-state index contributed by atoms with van der Waals surface area (Å²) in [5, 5.41) is 11.4. The molecule has 0 unspecified atom stereocenters. The SMILES string of the molecule is COc1cc(Nc2nc(NC3(N)CCCCC3)n3nc(-c4ccccc4C)nc3c2C(N)=O)cc(OC)c1. The number of benzene rings is 2. The molecule has 1 aliphatic rings. The molecule has 2 aromatic heterocycles. The summed E-state index contributed by atoms with van der Waals surface area (Å²) >= 11 is 0. The second-order valence-corrected chi connectivity index (χ2v) is 9.58. The van der Waals surface area contributed by atoms with E-state index in [0.29, 0.717) is 29.0 Å². The first kappa shape index (κ1) is 25.3. The molecule has 0 spiro atoms. The third-order valence-corrected chi connectivity index (χ3v) is 6.84. The molecule has 0 saturated heterocycles. The van der Waals surface area contributed by atoms with E-state index in [1.807, 2.05) is 31.2 Å². The lowest BCUT2D eigenvalue weighted by molar-refractivity contribution is 0.100. The first-order valence-corrected chi connectivity index (χ1v) is 12.5. The quantitative estimate of drug-likeness (QED) is 0.254. The van der Waals surface area contributed by atoms with Crippen LogP contribution in [0.5, 0.6) is 11.5 Å². The van der Waals surface area contributed by atoms with Gasteiger partial charge in [-0.05, 0) is 38.2 Å². The van der Waals surface area contributed by atoms with Gasteiger partial charge >= 0.3 is 0 Å². The van der Waals surface area contributed by atoms with Gasteiger partial charge < -0.3 is 31.6 Å². The van der Waals surface area contributed by atoms with Gasteiger partial charge in [-0.2, -0.15) is 9.50 Å². The van der Waals surface area contributed by atoms with E-state index in [2.05, 4.69) is 10.6 Å². The van der Waals surface area contributed by atoms with Gasteiger partial charge in [0, 0.05) is 29.4 Å². The van der Waals surface area contributed by atoms with E-state index in [4.69, 9.17) is 36.0 Å². The first-order chi connectivity index (χ1) is 18.3. The molecular formula is C27H32N8O3. The number of nitrogens with two attached hydrogens (primary N) is 2. The number of nitrogens with one attached hydrogen (secondary N) is 2. The Morgan fingerprint density at radius 2 is 1.71 bits per heavy atom. The number of aryl methyl sites for hydroxylation is 1. The maximum atomic E-state index is 12.8. The molecule has 0 bridgehead atoms. The molecule has 6 N–H and O–H groups in total. The van der Waals surface area contributed by atoms with Gasteiger partial charge in [0.25, 0.3) is 5.91 Å². The fraction of sp³-hybridized carbons (Fsp3) is 0.333. The predicted molar refractivity (Wildman–Crippen MR) is 146 cm³/mol. The van der Waals surface area contributed by atoms with Crippen molar-refractivity contribution in [1.82, 2.24) is 19.6 Å². The number of aromatic nitrogens is 4. The van der Waals surface area contributed by atoms with Gasteiger partial charge in [-0.15, -0.1) is 5.10 Å². The summed E-state index contributed by atoms with van der Waals surface area (Å²) < 4.78 is 12.3. The van der Waals surface area contributed by atoms with Gasteiger partial charge in [-0.25, -0.2) is 4.98 Å². The van der Waals surface area contributed by atoms with Crippen molar-refractivity contribution < 1.29 is 14.3 Å². The molecule has 2 aromatic carbocycles. The van der Waals surface area contributed by atoms with Crippen molar-refractivity contribution in [1.29, 1.82) is 0 Å². The van der Waals surface area contributed by atoms with E-state index in [1.165, 1.54) is 4.52 Å². The Morgan fingerprint density at radius 3 is 2.34 bits per heavy atom. The Morgan fingerprint density at radius 1 is 1.03 bits per heavy atom. The number of hydrogen-bond acceptors (Lipinski definition) is 9. The Labute approximate surface area is 220 Å². The summed E-state index contributed by atoms with van der Waals surface area (Å²) in [7, 11) is 3.13. The Hall–Kier alpha value is -4.38. The van der Waals surface area contributed by atoms with E-state index < -0.39 is 11.6 Å². The summed E-state index contributed by atoms with van der Waals surface area (Å²) in [4.78, 5) is 22.3. The molecule has 1 saturated carbocycles. The van der Waals surface area contributed by atoms with Gasteiger partial charge in [-0.3, -0.25) is 4.79 Å². The molecule has 198 valence electrons. The van der Waals surface area contributed by atoms with Crippen LogP contribution in [-0.2, 0) is 0 Å². The van der Waals surface area contributed by atoms with E-state index >= 15 is 0 Å². The zero-order chi connectivity index (χ0) is 26.9. The molecular weight excluding hydrogens is 484 g/mol. The Balaban J connectivity index is 1.70. The summed E-state index contributed by atoms with van der Waals surface area (Å²) in [5.41, 5.74) is 14.8. The van der Waals surface area contributed by atoms with Crippen molar-refractivity contribution in [2.75, 3.05) is 24.9 Å². The lowest BCUT2D eigenvalue weighted by Crippen LogP contribution is -2.49. The van der Waals surface area contributed by atoms with Crippen molar-refractivity contribution in [3.8, 4) is 22.9 Å². The standard InChI is InChI=1S/C27H32N8O3/c1-16-9-5-6-10-20(16)23-31-25-21(22(28)36)24(30-17-13-18(37-2)15-19(14-17)38-3)32-26(35(25)34-23)33-27(29)11-7-4-8-12-27/h5-6,9-10,13-15,30H,4,7-8,11-12,29H2,1-3H3,(H2,28,36)(H,32,33). The molecule has 4 aromatic rings. The maximum absolute atomic E-state index is 12.8. The first-order valence-electron chi connectivity index (χ1n) is 12.5. The van der Waals surface area contributed by atoms with Crippen molar-refractivity contribution >= 4 is 29.0 Å². The average Bonchev–Trinajstić information content (AvgIpc) is 3.34. The molecule has 2 heterocycles. The van der Waals surface area contributed by atoms with Gasteiger partial charge in [0.15, 0.2) is 17.3 Å². The van der Waals surface area contributed by atoms with E-state index in [9.17, 15) is 4.79 Å². The molecule has 5 rings (SSSR count). The van der Waals surface area contributed by atoms with Crippen molar-refractivity contribution in [2.45, 2.75) is 44.7 Å². The number of amides is 1. The van der Waals surface area contributed by atoms with Crippen LogP contribution in [0.2, 0.25) is 0 Å². The van der Waals surface area contributed by atoms with Gasteiger partial charge in [-0.1, -0.05) is 30.7 Å². The highest BCUT2D eigenvalue weighted by Crippen LogP contribution is 2.33. The molecule has 0 radical (unpaired) electrons. The van der Waals surface area contributed by atoms with E-state index in [0.717, 1.165) is 43.2 Å². The zero-order valence-corrected chi connectivity index (χ0v) is 21.7. The van der Waals surface area contributed by atoms with Crippen LogP contribution >= 0.6 is 0 Å². The van der Waals surface area contributed by atoms with Crippen LogP contribution < -0.4 is 31.6 Å². The summed E-state index contributed by atoms with van der Waals surface area (Å²) in [6.45, 7) is 1.98. The third-order valence-electron chi connectivity index (χ3n) is 6.84. The van der Waals surface area contributed by atoms with Crippen LogP contribution in [0.15, 0.2) is 42.5 Å². The predicted octanol–water partition coefficient (Wildman–Crippen LogP) is 3.99. The lowest BCUT2D eigenvalue weighted by atomic mass is 9.90. The summed E-state index contributed by atoms with van der Waals surface area (Å²) in [5.74, 6) is 1.46. The second-order valence-electron chi connectivity index (χ2n) is 9.58. The maximum Gasteiger partial charge on any atom is 0.256 e. The fourth-order valence-corrected chi connectivity index (χ4v) is 4.82. The minimum absolute atomic E-state index is 0.0967. The number of carbonyl (C=O) groups is 1. The average molecular weight is 517 g/mol. The van der Waals surface area contributed by atoms with E-state index in [1.54, 1.807) is 32.4 Å². The molecule has 1 fully saturated rings. The number of ether oxygens (including phenoxy) is 2. The third kappa shape index (κ3) is 4.92. The normalized spacial score (nSPS) is 14.7. The Bertz CT molecular complexity index is 1470. The van der Waals surface area contributed by atoms with E-state index in [-0.39, 0.29) is 17.0 Å². The highest BCUT2D eigenvalue weighted by molar-refractivity contribution is 6.04. The van der Waals surface area contributed by atoms with Crippen LogP contribution in [0, 0.1) is 6.92 Å². The smallest absolute Gasteiger partial charge is 0.256 e. The molecule has 1 aliphatic carbocycles. The highest BCUT2D eigenvalue weighted by Gasteiger charge is 2.31. The van der Waals surface area contributed by atoms with Crippen LogP contribution in [0.25, 0.3) is 17.0 Å². The van der Waals surface area contributed by atoms with Gasteiger partial charge in [0.1, 0.15) is 17.1 Å². The minimum Gasteiger partial charge on any atom is -0.497 e. The number of methoxy groups -OCH3 is 2. The van der Waals surface area contributed by atoms with Crippen LogP contribution in [0.1, 0.15) is 48.0 Å². The van der Waals surface area contributed by atoms with Gasteiger partial charge in [0.2, 0.25) is 5.95 Å². The summed E-state index contributed by atoms with van der Waals surface area (Å²) in [6, 6.07) is 13.1. The largest absolute Gasteiger partial charge is 0.497 e. The lowest BCUT2D eigenvalue weighted by Gasteiger charge is -2.34.